The monoisotopic (exact) mass is 464 g/mol. The molecule has 0 radical (unpaired) electrons. The summed E-state index contributed by atoms with van der Waals surface area (Å²) in [5.41, 5.74) is 2.88. The second kappa shape index (κ2) is 7.92. The summed E-state index contributed by atoms with van der Waals surface area (Å²) in [4.78, 5) is 45.0. The van der Waals surface area contributed by atoms with Gasteiger partial charge in [0.25, 0.3) is 5.91 Å². The van der Waals surface area contributed by atoms with Gasteiger partial charge in [-0.3, -0.25) is 14.4 Å². The number of carbonyl (C=O) groups excluding carboxylic acids is 3. The molecule has 2 heterocycles. The lowest BCUT2D eigenvalue weighted by atomic mass is 9.75. The van der Waals surface area contributed by atoms with E-state index in [9.17, 15) is 27.6 Å². The molecule has 3 N–H and O–H groups in total. The fourth-order valence-corrected chi connectivity index (χ4v) is 4.40. The van der Waals surface area contributed by atoms with Crippen LogP contribution in [0.5, 0.6) is 0 Å². The van der Waals surface area contributed by atoms with E-state index in [1.165, 1.54) is 0 Å². The number of hydrogen-bond donors (Lipinski definition) is 2. The minimum atomic E-state index is -4.84. The van der Waals surface area contributed by atoms with Gasteiger partial charge >= 0.3 is 6.18 Å². The number of amides is 1. The van der Waals surface area contributed by atoms with Gasteiger partial charge in [0.2, 0.25) is 0 Å². The number of hydrogen-bond acceptors (Lipinski definition) is 7. The Labute approximate surface area is 187 Å². The highest BCUT2D eigenvalue weighted by Crippen LogP contribution is 2.41. The number of alkyl halides is 3. The van der Waals surface area contributed by atoms with Crippen molar-refractivity contribution in [2.75, 3.05) is 5.32 Å². The smallest absolute Gasteiger partial charge is 0.364 e. The first-order valence-corrected chi connectivity index (χ1v) is 10.6. The van der Waals surface area contributed by atoms with Crippen LogP contribution < -0.4 is 11.1 Å². The molecule has 4 rings (SSSR count). The van der Waals surface area contributed by atoms with Gasteiger partial charge in [-0.2, -0.15) is 18.3 Å². The van der Waals surface area contributed by atoms with E-state index in [4.69, 9.17) is 5.73 Å². The zero-order chi connectivity index (χ0) is 24.1. The molecule has 33 heavy (non-hydrogen) atoms. The second-order valence-electron chi connectivity index (χ2n) is 9.22. The van der Waals surface area contributed by atoms with Crippen molar-refractivity contribution in [2.24, 2.45) is 11.1 Å². The maximum absolute atomic E-state index is 13.7. The highest BCUT2D eigenvalue weighted by molar-refractivity contribution is 6.00. The summed E-state index contributed by atoms with van der Waals surface area (Å²) < 4.78 is 42.0. The van der Waals surface area contributed by atoms with Crippen molar-refractivity contribution in [3.63, 3.8) is 0 Å². The van der Waals surface area contributed by atoms with E-state index in [0.29, 0.717) is 12.8 Å². The number of Topliss-reactive ketones (excluding diaryl/α,β-unsaturated/α-hetero) is 2. The standard InChI is InChI=1S/C21H23F3N6O3/c1-20(2)7-11-15(13(32)8-20)17(21(22,23)24)29-30(11)14-9-26-16(18(25)33)19(28-14)27-10-5-3-4-6-12(10)31/h9-10H,3-8H2,1-2H3,(H2,25,33)(H,27,28). The van der Waals surface area contributed by atoms with E-state index in [-0.39, 0.29) is 41.6 Å². The van der Waals surface area contributed by atoms with E-state index in [1.807, 2.05) is 0 Å². The zero-order valence-electron chi connectivity index (χ0n) is 18.1. The summed E-state index contributed by atoms with van der Waals surface area (Å²) in [7, 11) is 0. The van der Waals surface area contributed by atoms with Crippen molar-refractivity contribution in [2.45, 2.75) is 64.6 Å². The van der Waals surface area contributed by atoms with Crippen molar-refractivity contribution in [1.29, 1.82) is 0 Å². The quantitative estimate of drug-likeness (QED) is 0.711. The fraction of sp³-hybridized carbons (Fsp3) is 0.524. The Morgan fingerprint density at radius 1 is 1.24 bits per heavy atom. The van der Waals surface area contributed by atoms with Gasteiger partial charge in [-0.05, 0) is 24.7 Å². The van der Waals surface area contributed by atoms with Crippen LogP contribution in [0.3, 0.4) is 0 Å². The number of fused-ring (bicyclic) bond motifs is 1. The molecule has 0 bridgehead atoms. The molecule has 1 fully saturated rings. The number of rotatable bonds is 4. The topological polar surface area (TPSA) is 133 Å². The van der Waals surface area contributed by atoms with E-state index in [2.05, 4.69) is 20.4 Å². The first-order chi connectivity index (χ1) is 15.4. The Balaban J connectivity index is 1.85. The van der Waals surface area contributed by atoms with Crippen LogP contribution in [0.1, 0.15) is 78.2 Å². The normalized spacial score (nSPS) is 20.5. The molecule has 1 amide bonds. The molecule has 2 aromatic heterocycles. The van der Waals surface area contributed by atoms with E-state index in [1.54, 1.807) is 13.8 Å². The van der Waals surface area contributed by atoms with Crippen LogP contribution in [0.25, 0.3) is 5.82 Å². The average Bonchev–Trinajstić information content (AvgIpc) is 3.08. The molecule has 9 nitrogen and oxygen atoms in total. The van der Waals surface area contributed by atoms with Gasteiger partial charge in [-0.15, -0.1) is 0 Å². The van der Waals surface area contributed by atoms with Crippen LogP contribution in [0.15, 0.2) is 6.20 Å². The third-order valence-corrected chi connectivity index (χ3v) is 5.89. The van der Waals surface area contributed by atoms with E-state index < -0.39 is 40.6 Å². The van der Waals surface area contributed by atoms with Crippen molar-refractivity contribution in [3.05, 3.63) is 28.8 Å². The average molecular weight is 464 g/mol. The van der Waals surface area contributed by atoms with Crippen molar-refractivity contribution in [1.82, 2.24) is 19.7 Å². The summed E-state index contributed by atoms with van der Waals surface area (Å²) in [5.74, 6) is -1.85. The van der Waals surface area contributed by atoms with Crippen molar-refractivity contribution < 1.29 is 27.6 Å². The Kier molecular flexibility index (Phi) is 5.49. The highest BCUT2D eigenvalue weighted by atomic mass is 19.4. The summed E-state index contributed by atoms with van der Waals surface area (Å²) in [6.07, 6.45) is -1.22. The summed E-state index contributed by atoms with van der Waals surface area (Å²) in [5, 5.41) is 6.56. The molecular formula is C21H23F3N6O3. The van der Waals surface area contributed by atoms with Crippen LogP contribution in [0, 0.1) is 5.41 Å². The van der Waals surface area contributed by atoms with Gasteiger partial charge in [0.1, 0.15) is 0 Å². The number of nitrogens with two attached hydrogens (primary N) is 1. The fourth-order valence-electron chi connectivity index (χ4n) is 4.40. The Morgan fingerprint density at radius 3 is 2.61 bits per heavy atom. The van der Waals surface area contributed by atoms with Gasteiger partial charge in [-0.25, -0.2) is 14.6 Å². The van der Waals surface area contributed by atoms with Crippen LogP contribution in [0.4, 0.5) is 19.0 Å². The van der Waals surface area contributed by atoms with Gasteiger partial charge in [0.05, 0.1) is 23.5 Å². The third kappa shape index (κ3) is 4.33. The number of ketones is 2. The highest BCUT2D eigenvalue weighted by Gasteiger charge is 2.45. The molecule has 0 saturated heterocycles. The minimum absolute atomic E-state index is 0.0440. The van der Waals surface area contributed by atoms with Crippen LogP contribution in [-0.4, -0.2) is 43.3 Å². The molecule has 176 valence electrons. The molecule has 1 unspecified atom stereocenters. The largest absolute Gasteiger partial charge is 0.435 e. The lowest BCUT2D eigenvalue weighted by Gasteiger charge is -2.29. The lowest BCUT2D eigenvalue weighted by Crippen LogP contribution is -2.34. The predicted octanol–water partition coefficient (Wildman–Crippen LogP) is 2.86. The number of halogens is 3. The molecule has 0 aromatic carbocycles. The molecular weight excluding hydrogens is 441 g/mol. The molecule has 0 spiro atoms. The lowest BCUT2D eigenvalue weighted by molar-refractivity contribution is -0.141. The number of carbonyl (C=O) groups is 3. The van der Waals surface area contributed by atoms with Gasteiger partial charge in [0, 0.05) is 12.8 Å². The number of anilines is 1. The predicted molar refractivity (Wildman–Crippen MR) is 110 cm³/mol. The summed E-state index contributed by atoms with van der Waals surface area (Å²) in [6, 6.07) is -0.612. The Hall–Kier alpha value is -3.31. The van der Waals surface area contributed by atoms with E-state index in [0.717, 1.165) is 23.7 Å². The third-order valence-electron chi connectivity index (χ3n) is 5.89. The molecule has 0 aliphatic heterocycles. The zero-order valence-corrected chi connectivity index (χ0v) is 18.1. The first-order valence-electron chi connectivity index (χ1n) is 10.6. The molecule has 2 aromatic rings. The molecule has 1 atom stereocenters. The van der Waals surface area contributed by atoms with Gasteiger partial charge in [0.15, 0.2) is 34.6 Å². The molecule has 12 heteroatoms. The number of aromatic nitrogens is 4. The van der Waals surface area contributed by atoms with E-state index >= 15 is 0 Å². The molecule has 2 aliphatic rings. The summed E-state index contributed by atoms with van der Waals surface area (Å²) in [6.45, 7) is 3.56. The maximum Gasteiger partial charge on any atom is 0.435 e. The van der Waals surface area contributed by atoms with Crippen LogP contribution >= 0.6 is 0 Å². The maximum atomic E-state index is 13.7. The molecule has 2 aliphatic carbocycles. The summed E-state index contributed by atoms with van der Waals surface area (Å²) >= 11 is 0. The second-order valence-corrected chi connectivity index (χ2v) is 9.22. The SMILES string of the molecule is CC1(C)CC(=O)c2c(C(F)(F)F)nn(-c3cnc(C(N)=O)c(NC4CCCCC4=O)n3)c2C1. The van der Waals surface area contributed by atoms with Crippen molar-refractivity contribution >= 4 is 23.3 Å². The Morgan fingerprint density at radius 2 is 1.97 bits per heavy atom. The first kappa shape index (κ1) is 22.9. The van der Waals surface area contributed by atoms with Crippen LogP contribution in [-0.2, 0) is 17.4 Å². The van der Waals surface area contributed by atoms with Gasteiger partial charge < -0.3 is 11.1 Å². The molecule has 1 saturated carbocycles. The van der Waals surface area contributed by atoms with Crippen molar-refractivity contribution in [3.8, 4) is 5.82 Å². The minimum Gasteiger partial charge on any atom is -0.364 e. The van der Waals surface area contributed by atoms with Crippen LogP contribution in [0.2, 0.25) is 0 Å². The Bertz CT molecular complexity index is 1150. The number of nitrogens with zero attached hydrogens (tertiary/aromatic N) is 4. The number of nitrogens with one attached hydrogen (secondary N) is 1. The number of primary amides is 1. The van der Waals surface area contributed by atoms with Gasteiger partial charge in [-0.1, -0.05) is 20.3 Å².